The van der Waals surface area contributed by atoms with Crippen molar-refractivity contribution in [3.05, 3.63) is 35.9 Å². The monoisotopic (exact) mass is 496 g/mol. The average Bonchev–Trinajstić information content (AvgIpc) is 3.02. The van der Waals surface area contributed by atoms with Crippen molar-refractivity contribution in [1.29, 1.82) is 0 Å². The van der Waals surface area contributed by atoms with Crippen LogP contribution in [0.2, 0.25) is 0 Å². The topological polar surface area (TPSA) is 85.6 Å². The fourth-order valence-corrected chi connectivity index (χ4v) is 2.17. The number of hydrogen-bond donors (Lipinski definition) is 2. The average molecular weight is 496 g/mol. The van der Waals surface area contributed by atoms with Gasteiger partial charge in [-0.25, -0.2) is 4.98 Å². The van der Waals surface area contributed by atoms with Gasteiger partial charge < -0.3 is 20.1 Å². The maximum Gasteiger partial charge on any atom is 0.387 e. The molecule has 0 fully saturated rings. The Labute approximate surface area is 173 Å². The Morgan fingerprint density at radius 1 is 1.26 bits per heavy atom. The molecule has 0 unspecified atom stereocenters. The van der Waals surface area contributed by atoms with Crippen LogP contribution in [0, 0.1) is 0 Å². The smallest absolute Gasteiger partial charge is 0.387 e. The van der Waals surface area contributed by atoms with Gasteiger partial charge >= 0.3 is 6.61 Å². The van der Waals surface area contributed by atoms with Gasteiger partial charge in [-0.1, -0.05) is 6.07 Å². The molecule has 0 bridgehead atoms. The molecule has 0 saturated carbocycles. The van der Waals surface area contributed by atoms with Crippen LogP contribution < -0.4 is 20.1 Å². The zero-order chi connectivity index (χ0) is 18.9. The van der Waals surface area contributed by atoms with Crippen LogP contribution in [0.4, 0.5) is 8.78 Å². The fraction of sp³-hybridized carbons (Fsp3) is 0.438. The molecule has 0 aliphatic carbocycles. The largest absolute Gasteiger partial charge is 0.490 e. The summed E-state index contributed by atoms with van der Waals surface area (Å²) in [5.74, 6) is 1.61. The third kappa shape index (κ3) is 7.15. The number of rotatable bonds is 8. The summed E-state index contributed by atoms with van der Waals surface area (Å²) < 4.78 is 36.4. The van der Waals surface area contributed by atoms with Crippen molar-refractivity contribution in [2.24, 2.45) is 12.0 Å². The standard InChI is InChI=1S/C16H22F2N6O2.HI/c1-4-25-13-7-11(5-6-12(13)26-15(17)18)8-20-16(19-2)21-9-14-22-10-23-24(14)3;/h5-7,10,15H,4,8-9H2,1-3H3,(H2,19,20,21);1H. The summed E-state index contributed by atoms with van der Waals surface area (Å²) in [6, 6.07) is 4.80. The summed E-state index contributed by atoms with van der Waals surface area (Å²) in [5.41, 5.74) is 0.830. The number of hydrogen-bond acceptors (Lipinski definition) is 5. The second kappa shape index (κ2) is 11.5. The van der Waals surface area contributed by atoms with Gasteiger partial charge in [0.05, 0.1) is 13.2 Å². The molecule has 1 aromatic heterocycles. The molecule has 27 heavy (non-hydrogen) atoms. The first-order chi connectivity index (χ1) is 12.5. The maximum atomic E-state index is 12.4. The summed E-state index contributed by atoms with van der Waals surface area (Å²) in [6.07, 6.45) is 1.48. The van der Waals surface area contributed by atoms with Gasteiger partial charge in [-0.05, 0) is 24.6 Å². The van der Waals surface area contributed by atoms with Crippen molar-refractivity contribution in [2.75, 3.05) is 13.7 Å². The summed E-state index contributed by atoms with van der Waals surface area (Å²) in [6.45, 7) is 0.101. The first-order valence-electron chi connectivity index (χ1n) is 8.01. The van der Waals surface area contributed by atoms with Crippen LogP contribution in [-0.2, 0) is 20.1 Å². The second-order valence-corrected chi connectivity index (χ2v) is 5.17. The fourth-order valence-electron chi connectivity index (χ4n) is 2.17. The third-order valence-corrected chi connectivity index (χ3v) is 3.43. The number of aryl methyl sites for hydroxylation is 1. The van der Waals surface area contributed by atoms with E-state index in [1.807, 2.05) is 0 Å². The zero-order valence-corrected chi connectivity index (χ0v) is 17.6. The van der Waals surface area contributed by atoms with E-state index in [-0.39, 0.29) is 35.5 Å². The van der Waals surface area contributed by atoms with Crippen molar-refractivity contribution in [1.82, 2.24) is 25.4 Å². The first-order valence-corrected chi connectivity index (χ1v) is 8.01. The lowest BCUT2D eigenvalue weighted by molar-refractivity contribution is -0.0514. The van der Waals surface area contributed by atoms with E-state index in [1.165, 1.54) is 12.4 Å². The van der Waals surface area contributed by atoms with Gasteiger partial charge in [-0.2, -0.15) is 13.9 Å². The van der Waals surface area contributed by atoms with Gasteiger partial charge in [0, 0.05) is 20.6 Å². The summed E-state index contributed by atoms with van der Waals surface area (Å²) >= 11 is 0. The Hall–Kier alpha value is -2.18. The van der Waals surface area contributed by atoms with Crippen LogP contribution in [0.25, 0.3) is 0 Å². The minimum absolute atomic E-state index is 0. The van der Waals surface area contributed by atoms with E-state index in [4.69, 9.17) is 4.74 Å². The molecule has 0 aliphatic heterocycles. The number of alkyl halides is 2. The highest BCUT2D eigenvalue weighted by Gasteiger charge is 2.12. The van der Waals surface area contributed by atoms with Gasteiger partial charge in [-0.15, -0.1) is 24.0 Å². The number of benzene rings is 1. The van der Waals surface area contributed by atoms with E-state index in [0.29, 0.717) is 25.7 Å². The number of nitrogens with one attached hydrogen (secondary N) is 2. The van der Waals surface area contributed by atoms with Crippen LogP contribution in [0.3, 0.4) is 0 Å². The molecular weight excluding hydrogens is 473 g/mol. The van der Waals surface area contributed by atoms with Gasteiger partial charge in [0.15, 0.2) is 17.5 Å². The highest BCUT2D eigenvalue weighted by Crippen LogP contribution is 2.29. The van der Waals surface area contributed by atoms with Crippen LogP contribution in [-0.4, -0.2) is 41.0 Å². The quantitative estimate of drug-likeness (QED) is 0.332. The van der Waals surface area contributed by atoms with Crippen LogP contribution in [0.15, 0.2) is 29.5 Å². The molecule has 2 aromatic rings. The highest BCUT2D eigenvalue weighted by atomic mass is 127. The van der Waals surface area contributed by atoms with Crippen molar-refractivity contribution >= 4 is 29.9 Å². The van der Waals surface area contributed by atoms with E-state index in [2.05, 4.69) is 30.4 Å². The number of aromatic nitrogens is 3. The Kier molecular flexibility index (Phi) is 9.75. The molecule has 150 valence electrons. The zero-order valence-electron chi connectivity index (χ0n) is 15.3. The van der Waals surface area contributed by atoms with E-state index in [1.54, 1.807) is 37.8 Å². The number of aliphatic imine (C=N–C) groups is 1. The summed E-state index contributed by atoms with van der Waals surface area (Å²) in [4.78, 5) is 8.25. The third-order valence-electron chi connectivity index (χ3n) is 3.43. The Morgan fingerprint density at radius 3 is 2.59 bits per heavy atom. The maximum absolute atomic E-state index is 12.4. The molecule has 0 radical (unpaired) electrons. The Bertz CT molecular complexity index is 741. The molecule has 0 amide bonds. The lowest BCUT2D eigenvalue weighted by Crippen LogP contribution is -2.36. The minimum atomic E-state index is -2.90. The van der Waals surface area contributed by atoms with Crippen molar-refractivity contribution < 1.29 is 18.3 Å². The summed E-state index contributed by atoms with van der Waals surface area (Å²) in [7, 11) is 3.45. The van der Waals surface area contributed by atoms with Crippen molar-refractivity contribution in [3.63, 3.8) is 0 Å². The van der Waals surface area contributed by atoms with E-state index in [9.17, 15) is 8.78 Å². The number of nitrogens with zero attached hydrogens (tertiary/aromatic N) is 4. The predicted molar refractivity (Wildman–Crippen MR) is 108 cm³/mol. The molecular formula is C16H23F2IN6O2. The van der Waals surface area contributed by atoms with Crippen molar-refractivity contribution in [3.8, 4) is 11.5 Å². The lowest BCUT2D eigenvalue weighted by Gasteiger charge is -2.14. The van der Waals surface area contributed by atoms with Gasteiger partial charge in [0.2, 0.25) is 0 Å². The van der Waals surface area contributed by atoms with E-state index >= 15 is 0 Å². The predicted octanol–water partition coefficient (Wildman–Crippen LogP) is 2.30. The Morgan fingerprint density at radius 2 is 2.00 bits per heavy atom. The second-order valence-electron chi connectivity index (χ2n) is 5.17. The van der Waals surface area contributed by atoms with E-state index < -0.39 is 6.61 Å². The van der Waals surface area contributed by atoms with Gasteiger partial charge in [-0.3, -0.25) is 9.67 Å². The number of ether oxygens (including phenoxy) is 2. The molecule has 8 nitrogen and oxygen atoms in total. The van der Waals surface area contributed by atoms with E-state index in [0.717, 1.165) is 11.4 Å². The van der Waals surface area contributed by atoms with Gasteiger partial charge in [0.25, 0.3) is 0 Å². The molecule has 1 heterocycles. The molecule has 0 saturated heterocycles. The first kappa shape index (κ1) is 22.9. The van der Waals surface area contributed by atoms with Crippen LogP contribution in [0.5, 0.6) is 11.5 Å². The normalized spacial score (nSPS) is 11.1. The highest BCUT2D eigenvalue weighted by molar-refractivity contribution is 14.0. The molecule has 2 rings (SSSR count). The van der Waals surface area contributed by atoms with Crippen LogP contribution in [0.1, 0.15) is 18.3 Å². The Balaban J connectivity index is 0.00000364. The minimum Gasteiger partial charge on any atom is -0.490 e. The van der Waals surface area contributed by atoms with Crippen molar-refractivity contribution in [2.45, 2.75) is 26.6 Å². The lowest BCUT2D eigenvalue weighted by atomic mass is 10.2. The van der Waals surface area contributed by atoms with Gasteiger partial charge in [0.1, 0.15) is 12.2 Å². The van der Waals surface area contributed by atoms with Crippen LogP contribution >= 0.6 is 24.0 Å². The molecule has 0 aliphatic rings. The summed E-state index contributed by atoms with van der Waals surface area (Å²) in [5, 5.41) is 10.3. The molecule has 2 N–H and O–H groups in total. The molecule has 0 spiro atoms. The number of halogens is 3. The number of guanidine groups is 1. The SMILES string of the molecule is CCOc1cc(CNC(=NC)NCc2ncnn2C)ccc1OC(F)F.I. The molecule has 1 aromatic carbocycles. The molecule has 0 atom stereocenters. The molecule has 11 heteroatoms.